The highest BCUT2D eigenvalue weighted by Crippen LogP contribution is 2.30. The molecular weight excluding hydrogens is 386 g/mol. The highest BCUT2D eigenvalue weighted by Gasteiger charge is 2.18. The van der Waals surface area contributed by atoms with Gasteiger partial charge in [-0.3, -0.25) is 14.5 Å². The van der Waals surface area contributed by atoms with Gasteiger partial charge in [0.25, 0.3) is 5.91 Å². The number of nitrogens with zero attached hydrogens (tertiary/aromatic N) is 4. The summed E-state index contributed by atoms with van der Waals surface area (Å²) in [5.41, 5.74) is 2.98. The molecule has 4 aromatic heterocycles. The minimum absolute atomic E-state index is 0.311. The predicted octanol–water partition coefficient (Wildman–Crippen LogP) is 4.60. The molecule has 4 heterocycles. The quantitative estimate of drug-likeness (QED) is 0.475. The number of fused-ring (bicyclic) bond motifs is 1. The molecule has 7 nitrogen and oxygen atoms in total. The average molecular weight is 401 g/mol. The van der Waals surface area contributed by atoms with Crippen LogP contribution in [-0.2, 0) is 7.05 Å². The molecule has 0 saturated heterocycles. The second kappa shape index (κ2) is 6.99. The highest BCUT2D eigenvalue weighted by molar-refractivity contribution is 7.13. The Labute approximate surface area is 169 Å². The lowest BCUT2D eigenvalue weighted by Gasteiger charge is -2.03. The van der Waals surface area contributed by atoms with Crippen molar-refractivity contribution in [2.24, 2.45) is 7.05 Å². The Hall–Kier alpha value is -3.78. The summed E-state index contributed by atoms with van der Waals surface area (Å²) in [6.45, 7) is 0. The standard InChI is InChI=1S/C21H15N5O2S/c1-26-11-15(19(25-26)14-7-4-5-9-22-14)23-20(27)16-12-29-21(24-16)18-10-13-6-2-3-8-17(13)28-18/h2-12H,1H3,(H,23,27). The molecule has 0 atom stereocenters. The molecule has 0 radical (unpaired) electrons. The van der Waals surface area contributed by atoms with Gasteiger partial charge in [0.15, 0.2) is 10.8 Å². The molecule has 5 aromatic rings. The third-order valence-electron chi connectivity index (χ3n) is 4.36. The SMILES string of the molecule is Cn1cc(NC(=O)c2csc(-c3cc4ccccc4o3)n2)c(-c2ccccn2)n1. The van der Waals surface area contributed by atoms with Gasteiger partial charge in [0.05, 0.1) is 11.4 Å². The van der Waals surface area contributed by atoms with E-state index in [4.69, 9.17) is 4.42 Å². The molecule has 0 aliphatic carbocycles. The largest absolute Gasteiger partial charge is 0.454 e. The van der Waals surface area contributed by atoms with Gasteiger partial charge in [0.2, 0.25) is 0 Å². The van der Waals surface area contributed by atoms with E-state index in [-0.39, 0.29) is 5.91 Å². The van der Waals surface area contributed by atoms with Crippen LogP contribution in [-0.4, -0.2) is 25.7 Å². The number of furan rings is 1. The lowest BCUT2D eigenvalue weighted by Crippen LogP contribution is -2.12. The van der Waals surface area contributed by atoms with Gasteiger partial charge in [-0.2, -0.15) is 5.10 Å². The average Bonchev–Trinajstić information content (AvgIpc) is 3.46. The normalized spacial score (nSPS) is 11.1. The molecule has 142 valence electrons. The first-order valence-corrected chi connectivity index (χ1v) is 9.76. The van der Waals surface area contributed by atoms with Gasteiger partial charge in [0, 0.05) is 30.2 Å². The van der Waals surface area contributed by atoms with Crippen molar-refractivity contribution in [3.63, 3.8) is 0 Å². The van der Waals surface area contributed by atoms with Crippen molar-refractivity contribution < 1.29 is 9.21 Å². The number of thiazole rings is 1. The second-order valence-corrected chi connectivity index (χ2v) is 7.28. The number of aryl methyl sites for hydroxylation is 1. The fourth-order valence-corrected chi connectivity index (χ4v) is 3.79. The van der Waals surface area contributed by atoms with Crippen molar-refractivity contribution in [3.8, 4) is 22.2 Å². The number of hydrogen-bond donors (Lipinski definition) is 1. The zero-order chi connectivity index (χ0) is 19.8. The Morgan fingerprint density at radius 3 is 2.86 bits per heavy atom. The van der Waals surface area contributed by atoms with Crippen LogP contribution >= 0.6 is 11.3 Å². The molecule has 0 aliphatic rings. The number of pyridine rings is 1. The minimum Gasteiger partial charge on any atom is -0.454 e. The maximum Gasteiger partial charge on any atom is 0.275 e. The number of carbonyl (C=O) groups is 1. The molecule has 1 aromatic carbocycles. The highest BCUT2D eigenvalue weighted by atomic mass is 32.1. The molecule has 29 heavy (non-hydrogen) atoms. The first-order chi connectivity index (χ1) is 14.2. The lowest BCUT2D eigenvalue weighted by molar-refractivity contribution is 0.102. The Balaban J connectivity index is 1.41. The Kier molecular flexibility index (Phi) is 4.18. The number of hydrogen-bond acceptors (Lipinski definition) is 6. The maximum absolute atomic E-state index is 12.8. The molecule has 0 fully saturated rings. The summed E-state index contributed by atoms with van der Waals surface area (Å²) in [4.78, 5) is 21.5. The molecule has 0 unspecified atom stereocenters. The van der Waals surface area contributed by atoms with Gasteiger partial charge in [0.1, 0.15) is 17.0 Å². The molecule has 0 aliphatic heterocycles. The van der Waals surface area contributed by atoms with E-state index in [1.807, 2.05) is 48.5 Å². The Bertz CT molecular complexity index is 1290. The monoisotopic (exact) mass is 401 g/mol. The molecule has 8 heteroatoms. The van der Waals surface area contributed by atoms with Crippen molar-refractivity contribution >= 4 is 33.9 Å². The third-order valence-corrected chi connectivity index (χ3v) is 5.21. The number of nitrogens with one attached hydrogen (secondary N) is 1. The van der Waals surface area contributed by atoms with Crippen LogP contribution in [0.25, 0.3) is 33.1 Å². The Morgan fingerprint density at radius 1 is 1.17 bits per heavy atom. The summed E-state index contributed by atoms with van der Waals surface area (Å²) in [5.74, 6) is 0.333. The summed E-state index contributed by atoms with van der Waals surface area (Å²) in [6, 6.07) is 15.2. The van der Waals surface area contributed by atoms with Crippen LogP contribution in [0.3, 0.4) is 0 Å². The summed E-state index contributed by atoms with van der Waals surface area (Å²) < 4.78 is 7.48. The second-order valence-electron chi connectivity index (χ2n) is 6.42. The van der Waals surface area contributed by atoms with Crippen LogP contribution in [0.2, 0.25) is 0 Å². The molecule has 1 N–H and O–H groups in total. The summed E-state index contributed by atoms with van der Waals surface area (Å²) in [7, 11) is 1.80. The predicted molar refractivity (Wildman–Crippen MR) is 112 cm³/mol. The van der Waals surface area contributed by atoms with Crippen LogP contribution in [0.4, 0.5) is 5.69 Å². The van der Waals surface area contributed by atoms with Crippen LogP contribution < -0.4 is 5.32 Å². The summed E-state index contributed by atoms with van der Waals surface area (Å²) >= 11 is 1.36. The minimum atomic E-state index is -0.311. The number of para-hydroxylation sites is 1. The number of amides is 1. The smallest absolute Gasteiger partial charge is 0.275 e. The van der Waals surface area contributed by atoms with Crippen LogP contribution in [0.15, 0.2) is 70.7 Å². The van der Waals surface area contributed by atoms with Gasteiger partial charge < -0.3 is 9.73 Å². The van der Waals surface area contributed by atoms with E-state index in [0.717, 1.165) is 11.0 Å². The van der Waals surface area contributed by atoms with Crippen molar-refractivity contribution in [1.29, 1.82) is 0 Å². The zero-order valence-electron chi connectivity index (χ0n) is 15.4. The van der Waals surface area contributed by atoms with Crippen LogP contribution in [0, 0.1) is 0 Å². The number of rotatable bonds is 4. The van der Waals surface area contributed by atoms with E-state index in [0.29, 0.717) is 33.5 Å². The summed E-state index contributed by atoms with van der Waals surface area (Å²) in [5, 5.41) is 10.7. The molecule has 0 spiro atoms. The van der Waals surface area contributed by atoms with E-state index in [2.05, 4.69) is 20.4 Å². The zero-order valence-corrected chi connectivity index (χ0v) is 16.2. The van der Waals surface area contributed by atoms with Crippen molar-refractivity contribution in [2.45, 2.75) is 0 Å². The van der Waals surface area contributed by atoms with Crippen LogP contribution in [0.1, 0.15) is 10.5 Å². The van der Waals surface area contributed by atoms with Gasteiger partial charge >= 0.3 is 0 Å². The van der Waals surface area contributed by atoms with Gasteiger partial charge in [-0.15, -0.1) is 11.3 Å². The number of aromatic nitrogens is 4. The number of benzene rings is 1. The fourth-order valence-electron chi connectivity index (χ4n) is 3.04. The van der Waals surface area contributed by atoms with E-state index in [9.17, 15) is 4.79 Å². The van der Waals surface area contributed by atoms with Crippen LogP contribution in [0.5, 0.6) is 0 Å². The van der Waals surface area contributed by atoms with E-state index in [1.54, 1.807) is 29.5 Å². The third kappa shape index (κ3) is 3.30. The number of carbonyl (C=O) groups excluding carboxylic acids is 1. The molecule has 0 saturated carbocycles. The van der Waals surface area contributed by atoms with Crippen molar-refractivity contribution in [3.05, 3.63) is 72.0 Å². The number of anilines is 1. The first-order valence-electron chi connectivity index (χ1n) is 8.88. The van der Waals surface area contributed by atoms with E-state index >= 15 is 0 Å². The maximum atomic E-state index is 12.8. The van der Waals surface area contributed by atoms with E-state index in [1.165, 1.54) is 11.3 Å². The molecular formula is C21H15N5O2S. The van der Waals surface area contributed by atoms with Crippen molar-refractivity contribution in [1.82, 2.24) is 19.7 Å². The van der Waals surface area contributed by atoms with Gasteiger partial charge in [-0.05, 0) is 24.3 Å². The lowest BCUT2D eigenvalue weighted by atomic mass is 10.2. The molecule has 1 amide bonds. The van der Waals surface area contributed by atoms with Gasteiger partial charge in [-0.1, -0.05) is 24.3 Å². The first kappa shape index (κ1) is 17.3. The van der Waals surface area contributed by atoms with E-state index < -0.39 is 0 Å². The topological polar surface area (TPSA) is 85.8 Å². The summed E-state index contributed by atoms with van der Waals surface area (Å²) in [6.07, 6.45) is 3.43. The molecule has 5 rings (SSSR count). The molecule has 0 bridgehead atoms. The van der Waals surface area contributed by atoms with Crippen molar-refractivity contribution in [2.75, 3.05) is 5.32 Å². The fraction of sp³-hybridized carbons (Fsp3) is 0.0476. The Morgan fingerprint density at radius 2 is 2.03 bits per heavy atom. The van der Waals surface area contributed by atoms with Gasteiger partial charge in [-0.25, -0.2) is 4.98 Å².